The van der Waals surface area contributed by atoms with Gasteiger partial charge in [-0.2, -0.15) is 0 Å². The fourth-order valence-corrected chi connectivity index (χ4v) is 6.53. The molecule has 0 atom stereocenters. The maximum atomic E-state index is 14.3. The Bertz CT molecular complexity index is 640. The predicted molar refractivity (Wildman–Crippen MR) is 139 cm³/mol. The molecule has 2 heteroatoms. The SMILES string of the molecule is CCCCCc1ccc(OCCCC2CCC(C3CCC(CCCCC)CC3)CC2)cc1F. The molecule has 2 aliphatic rings. The van der Waals surface area contributed by atoms with Crippen LogP contribution in [0.4, 0.5) is 4.39 Å². The van der Waals surface area contributed by atoms with E-state index in [1.165, 1.54) is 96.3 Å². The smallest absolute Gasteiger partial charge is 0.130 e. The monoisotopic (exact) mass is 458 g/mol. The maximum absolute atomic E-state index is 14.3. The Kier molecular flexibility index (Phi) is 12.1. The Hall–Kier alpha value is -1.05. The van der Waals surface area contributed by atoms with Gasteiger partial charge in [-0.05, 0) is 86.7 Å². The number of hydrogen-bond acceptors (Lipinski definition) is 1. The Morgan fingerprint density at radius 2 is 1.30 bits per heavy atom. The van der Waals surface area contributed by atoms with Crippen LogP contribution in [0.5, 0.6) is 5.75 Å². The molecule has 3 rings (SSSR count). The summed E-state index contributed by atoms with van der Waals surface area (Å²) in [6.07, 6.45) is 24.1. The first-order valence-corrected chi connectivity index (χ1v) is 14.6. The van der Waals surface area contributed by atoms with Crippen molar-refractivity contribution in [2.45, 2.75) is 129 Å². The Balaban J connectivity index is 1.26. The minimum Gasteiger partial charge on any atom is -0.493 e. The van der Waals surface area contributed by atoms with Crippen molar-refractivity contribution in [2.24, 2.45) is 23.7 Å². The van der Waals surface area contributed by atoms with E-state index in [1.807, 2.05) is 12.1 Å². The lowest BCUT2D eigenvalue weighted by molar-refractivity contribution is 0.138. The van der Waals surface area contributed by atoms with Gasteiger partial charge in [-0.1, -0.05) is 84.1 Å². The van der Waals surface area contributed by atoms with Crippen molar-refractivity contribution in [3.63, 3.8) is 0 Å². The van der Waals surface area contributed by atoms with Crippen LogP contribution in [0.25, 0.3) is 0 Å². The Labute approximate surface area is 204 Å². The van der Waals surface area contributed by atoms with Gasteiger partial charge in [0.15, 0.2) is 0 Å². The van der Waals surface area contributed by atoms with E-state index in [-0.39, 0.29) is 5.82 Å². The molecule has 33 heavy (non-hydrogen) atoms. The first-order valence-electron chi connectivity index (χ1n) is 14.6. The van der Waals surface area contributed by atoms with Gasteiger partial charge in [-0.25, -0.2) is 4.39 Å². The van der Waals surface area contributed by atoms with Crippen LogP contribution in [-0.4, -0.2) is 6.61 Å². The van der Waals surface area contributed by atoms with Crippen LogP contribution in [0.3, 0.4) is 0 Å². The molecule has 0 radical (unpaired) electrons. The highest BCUT2D eigenvalue weighted by Crippen LogP contribution is 2.43. The molecule has 0 heterocycles. The molecule has 0 unspecified atom stereocenters. The molecular formula is C31H51FO. The Morgan fingerprint density at radius 3 is 1.88 bits per heavy atom. The lowest BCUT2D eigenvalue weighted by Gasteiger charge is -2.38. The van der Waals surface area contributed by atoms with E-state index in [0.717, 1.165) is 55.1 Å². The van der Waals surface area contributed by atoms with E-state index >= 15 is 0 Å². The predicted octanol–water partition coefficient (Wildman–Crippen LogP) is 9.91. The lowest BCUT2D eigenvalue weighted by atomic mass is 9.68. The largest absolute Gasteiger partial charge is 0.493 e. The van der Waals surface area contributed by atoms with E-state index in [9.17, 15) is 4.39 Å². The zero-order valence-electron chi connectivity index (χ0n) is 21.8. The van der Waals surface area contributed by atoms with E-state index < -0.39 is 0 Å². The standard InChI is InChI=1S/C31H51FO/c1-3-5-7-10-25-13-17-27(18-14-25)28-19-15-26(16-20-28)11-9-23-33-30-22-21-29(31(32)24-30)12-8-6-4-2/h21-22,24-28H,3-20,23H2,1-2H3. The summed E-state index contributed by atoms with van der Waals surface area (Å²) in [6, 6.07) is 5.46. The van der Waals surface area contributed by atoms with Crippen molar-refractivity contribution in [1.82, 2.24) is 0 Å². The summed E-state index contributed by atoms with van der Waals surface area (Å²) in [7, 11) is 0. The summed E-state index contributed by atoms with van der Waals surface area (Å²) in [4.78, 5) is 0. The second-order valence-electron chi connectivity index (χ2n) is 11.3. The van der Waals surface area contributed by atoms with Crippen LogP contribution in [0.15, 0.2) is 18.2 Å². The second-order valence-corrected chi connectivity index (χ2v) is 11.3. The molecule has 2 aliphatic carbocycles. The first-order chi connectivity index (χ1) is 16.2. The molecule has 2 saturated carbocycles. The van der Waals surface area contributed by atoms with Gasteiger partial charge in [0, 0.05) is 6.07 Å². The molecule has 0 aromatic heterocycles. The zero-order chi connectivity index (χ0) is 23.3. The van der Waals surface area contributed by atoms with Crippen molar-refractivity contribution in [2.75, 3.05) is 6.61 Å². The summed E-state index contributed by atoms with van der Waals surface area (Å²) >= 11 is 0. The van der Waals surface area contributed by atoms with Crippen molar-refractivity contribution < 1.29 is 9.13 Å². The summed E-state index contributed by atoms with van der Waals surface area (Å²) < 4.78 is 20.2. The molecule has 1 nitrogen and oxygen atoms in total. The number of ether oxygens (including phenoxy) is 1. The maximum Gasteiger partial charge on any atom is 0.130 e. The van der Waals surface area contributed by atoms with Gasteiger partial charge >= 0.3 is 0 Å². The van der Waals surface area contributed by atoms with E-state index in [0.29, 0.717) is 5.75 Å². The summed E-state index contributed by atoms with van der Waals surface area (Å²) in [6.45, 7) is 5.21. The highest BCUT2D eigenvalue weighted by atomic mass is 19.1. The van der Waals surface area contributed by atoms with Crippen LogP contribution in [0.1, 0.15) is 129 Å². The van der Waals surface area contributed by atoms with E-state index in [1.54, 1.807) is 6.07 Å². The number of unbranched alkanes of at least 4 members (excludes halogenated alkanes) is 4. The van der Waals surface area contributed by atoms with Gasteiger partial charge < -0.3 is 4.74 Å². The quantitative estimate of drug-likeness (QED) is 0.252. The number of aryl methyl sites for hydroxylation is 1. The summed E-state index contributed by atoms with van der Waals surface area (Å²) in [5, 5.41) is 0. The summed E-state index contributed by atoms with van der Waals surface area (Å²) in [5.41, 5.74) is 0.831. The number of rotatable bonds is 14. The summed E-state index contributed by atoms with van der Waals surface area (Å²) in [5.74, 6) is 4.55. The zero-order valence-corrected chi connectivity index (χ0v) is 21.8. The van der Waals surface area contributed by atoms with Crippen LogP contribution in [0, 0.1) is 29.5 Å². The van der Waals surface area contributed by atoms with Gasteiger partial charge in [0.1, 0.15) is 11.6 Å². The average molecular weight is 459 g/mol. The normalized spacial score (nSPS) is 25.8. The molecule has 0 amide bonds. The molecule has 0 N–H and O–H groups in total. The number of benzene rings is 1. The Morgan fingerprint density at radius 1 is 0.727 bits per heavy atom. The fourth-order valence-electron chi connectivity index (χ4n) is 6.53. The number of halogens is 1. The molecule has 0 bridgehead atoms. The van der Waals surface area contributed by atoms with Crippen molar-refractivity contribution in [3.05, 3.63) is 29.6 Å². The lowest BCUT2D eigenvalue weighted by Crippen LogP contribution is -2.26. The molecule has 1 aromatic carbocycles. The van der Waals surface area contributed by atoms with Gasteiger partial charge in [-0.3, -0.25) is 0 Å². The van der Waals surface area contributed by atoms with Gasteiger partial charge in [0.05, 0.1) is 6.61 Å². The fraction of sp³-hybridized carbons (Fsp3) is 0.806. The molecule has 2 fully saturated rings. The first kappa shape index (κ1) is 26.6. The van der Waals surface area contributed by atoms with Crippen LogP contribution < -0.4 is 4.74 Å². The topological polar surface area (TPSA) is 9.23 Å². The van der Waals surface area contributed by atoms with Crippen molar-refractivity contribution >= 4 is 0 Å². The van der Waals surface area contributed by atoms with Gasteiger partial charge in [0.2, 0.25) is 0 Å². The molecule has 0 aliphatic heterocycles. The van der Waals surface area contributed by atoms with Crippen molar-refractivity contribution in [3.8, 4) is 5.75 Å². The molecule has 1 aromatic rings. The van der Waals surface area contributed by atoms with Crippen LogP contribution in [-0.2, 0) is 6.42 Å². The highest BCUT2D eigenvalue weighted by Gasteiger charge is 2.30. The third kappa shape index (κ3) is 9.25. The second kappa shape index (κ2) is 15.0. The van der Waals surface area contributed by atoms with Gasteiger partial charge in [-0.15, -0.1) is 0 Å². The minimum atomic E-state index is -0.100. The van der Waals surface area contributed by atoms with E-state index in [4.69, 9.17) is 4.74 Å². The molecular weight excluding hydrogens is 407 g/mol. The minimum absolute atomic E-state index is 0.100. The molecule has 188 valence electrons. The average Bonchev–Trinajstić information content (AvgIpc) is 2.84. The van der Waals surface area contributed by atoms with Crippen molar-refractivity contribution in [1.29, 1.82) is 0 Å². The number of hydrogen-bond donors (Lipinski definition) is 0. The highest BCUT2D eigenvalue weighted by molar-refractivity contribution is 5.29. The third-order valence-electron chi connectivity index (χ3n) is 8.77. The third-order valence-corrected chi connectivity index (χ3v) is 8.77. The molecule has 0 spiro atoms. The van der Waals surface area contributed by atoms with Crippen LogP contribution in [0.2, 0.25) is 0 Å². The van der Waals surface area contributed by atoms with E-state index in [2.05, 4.69) is 13.8 Å². The van der Waals surface area contributed by atoms with Gasteiger partial charge in [0.25, 0.3) is 0 Å². The molecule has 0 saturated heterocycles. The van der Waals surface area contributed by atoms with Crippen LogP contribution >= 0.6 is 0 Å².